The molecule has 0 unspecified atom stereocenters. The van der Waals surface area contributed by atoms with Crippen LogP contribution in [0.4, 0.5) is 4.39 Å². The predicted octanol–water partition coefficient (Wildman–Crippen LogP) is 1.72. The molecule has 0 atom stereocenters. The van der Waals surface area contributed by atoms with Crippen molar-refractivity contribution >= 4 is 17.7 Å². The summed E-state index contributed by atoms with van der Waals surface area (Å²) in [7, 11) is 0. The summed E-state index contributed by atoms with van der Waals surface area (Å²) in [6.07, 6.45) is 1.43. The molecule has 3 amide bonds. The maximum Gasteiger partial charge on any atom is 0.264 e. The van der Waals surface area contributed by atoms with Crippen molar-refractivity contribution < 1.29 is 23.2 Å². The molecule has 1 aliphatic rings. The van der Waals surface area contributed by atoms with Crippen LogP contribution in [0.2, 0.25) is 0 Å². The molecule has 23 heavy (non-hydrogen) atoms. The summed E-state index contributed by atoms with van der Waals surface area (Å²) in [5.74, 6) is -1.75. The molecule has 0 fully saturated rings. The van der Waals surface area contributed by atoms with Crippen molar-refractivity contribution in [2.45, 2.75) is 13.0 Å². The number of hydrogen-bond acceptors (Lipinski definition) is 4. The number of nitrogens with one attached hydrogen (secondary N) is 1. The summed E-state index contributed by atoms with van der Waals surface area (Å²) in [6.45, 7) is 0.123. The van der Waals surface area contributed by atoms with Gasteiger partial charge in [0.2, 0.25) is 5.91 Å². The molecule has 3 rings (SSSR count). The molecular weight excluding hydrogens is 303 g/mol. The number of imide groups is 1. The molecule has 1 aromatic carbocycles. The fourth-order valence-corrected chi connectivity index (χ4v) is 2.40. The topological polar surface area (TPSA) is 79.6 Å². The maximum atomic E-state index is 13.7. The number of rotatable bonds is 5. The van der Waals surface area contributed by atoms with Crippen LogP contribution in [0.3, 0.4) is 0 Å². The Morgan fingerprint density at radius 3 is 2.70 bits per heavy atom. The minimum Gasteiger partial charge on any atom is -0.467 e. The largest absolute Gasteiger partial charge is 0.467 e. The number of amides is 3. The predicted molar refractivity (Wildman–Crippen MR) is 76.9 cm³/mol. The first kappa shape index (κ1) is 15.0. The molecule has 7 heteroatoms. The lowest BCUT2D eigenvalue weighted by Crippen LogP contribution is -2.34. The van der Waals surface area contributed by atoms with Gasteiger partial charge in [0.25, 0.3) is 11.8 Å². The quantitative estimate of drug-likeness (QED) is 0.852. The third kappa shape index (κ3) is 2.85. The molecule has 0 bridgehead atoms. The zero-order chi connectivity index (χ0) is 16.4. The Morgan fingerprint density at radius 2 is 2.00 bits per heavy atom. The highest BCUT2D eigenvalue weighted by Crippen LogP contribution is 2.25. The maximum absolute atomic E-state index is 13.7. The summed E-state index contributed by atoms with van der Waals surface area (Å²) in [5.41, 5.74) is -0.195. The Morgan fingerprint density at radius 1 is 1.17 bits per heavy atom. The highest BCUT2D eigenvalue weighted by molar-refractivity contribution is 6.21. The Bertz CT molecular complexity index is 770. The SMILES string of the molecule is O=C(CCN1C(=O)c2cccc(F)c2C1=O)NCc1ccco1. The van der Waals surface area contributed by atoms with Gasteiger partial charge in [0.15, 0.2) is 0 Å². The second-order valence-corrected chi connectivity index (χ2v) is 5.03. The Labute approximate surface area is 130 Å². The zero-order valence-corrected chi connectivity index (χ0v) is 12.0. The number of nitrogens with zero attached hydrogens (tertiary/aromatic N) is 1. The molecule has 0 spiro atoms. The summed E-state index contributed by atoms with van der Waals surface area (Å²) in [6, 6.07) is 7.32. The van der Waals surface area contributed by atoms with Crippen LogP contribution in [0.25, 0.3) is 0 Å². The van der Waals surface area contributed by atoms with Crippen LogP contribution in [0.15, 0.2) is 41.0 Å². The average molecular weight is 316 g/mol. The summed E-state index contributed by atoms with van der Waals surface area (Å²) in [4.78, 5) is 36.9. The number of carbonyl (C=O) groups is 3. The van der Waals surface area contributed by atoms with Crippen LogP contribution in [0.1, 0.15) is 32.9 Å². The van der Waals surface area contributed by atoms with Crippen molar-refractivity contribution in [2.75, 3.05) is 6.54 Å². The van der Waals surface area contributed by atoms with E-state index in [0.717, 1.165) is 11.0 Å². The summed E-state index contributed by atoms with van der Waals surface area (Å²) in [5, 5.41) is 2.62. The number of fused-ring (bicyclic) bond motifs is 1. The van der Waals surface area contributed by atoms with E-state index >= 15 is 0 Å². The van der Waals surface area contributed by atoms with Crippen LogP contribution in [-0.4, -0.2) is 29.2 Å². The number of benzene rings is 1. The van der Waals surface area contributed by atoms with Crippen molar-refractivity contribution in [3.05, 3.63) is 59.3 Å². The minimum absolute atomic E-state index is 0.0333. The van der Waals surface area contributed by atoms with E-state index in [0.29, 0.717) is 5.76 Å². The summed E-state index contributed by atoms with van der Waals surface area (Å²) < 4.78 is 18.8. The van der Waals surface area contributed by atoms with Crippen LogP contribution in [0, 0.1) is 5.82 Å². The van der Waals surface area contributed by atoms with Gasteiger partial charge in [-0.05, 0) is 24.3 Å². The molecule has 2 aromatic rings. The van der Waals surface area contributed by atoms with Crippen molar-refractivity contribution in [1.82, 2.24) is 10.2 Å². The van der Waals surface area contributed by atoms with Gasteiger partial charge in [0.1, 0.15) is 11.6 Å². The standard InChI is InChI=1S/C16H13FN2O4/c17-12-5-1-4-11-14(12)16(22)19(15(11)21)7-6-13(20)18-9-10-3-2-8-23-10/h1-5,8H,6-7,9H2,(H,18,20). The molecule has 1 aromatic heterocycles. The van der Waals surface area contributed by atoms with Gasteiger partial charge in [0, 0.05) is 13.0 Å². The number of furan rings is 1. The highest BCUT2D eigenvalue weighted by atomic mass is 19.1. The van der Waals surface area contributed by atoms with E-state index in [9.17, 15) is 18.8 Å². The highest BCUT2D eigenvalue weighted by Gasteiger charge is 2.37. The first-order valence-corrected chi connectivity index (χ1v) is 7.01. The molecule has 0 saturated heterocycles. The van der Waals surface area contributed by atoms with Gasteiger partial charge in [-0.25, -0.2) is 4.39 Å². The van der Waals surface area contributed by atoms with Gasteiger partial charge >= 0.3 is 0 Å². The molecule has 0 saturated carbocycles. The molecule has 118 valence electrons. The van der Waals surface area contributed by atoms with Crippen LogP contribution < -0.4 is 5.32 Å². The monoisotopic (exact) mass is 316 g/mol. The lowest BCUT2D eigenvalue weighted by Gasteiger charge is -2.13. The van der Waals surface area contributed by atoms with Crippen molar-refractivity contribution in [1.29, 1.82) is 0 Å². The second-order valence-electron chi connectivity index (χ2n) is 5.03. The van der Waals surface area contributed by atoms with E-state index in [2.05, 4.69) is 5.32 Å². The van der Waals surface area contributed by atoms with Gasteiger partial charge in [0.05, 0.1) is 23.9 Å². The Balaban J connectivity index is 1.59. The normalized spacial score (nSPS) is 13.3. The van der Waals surface area contributed by atoms with Crippen LogP contribution >= 0.6 is 0 Å². The average Bonchev–Trinajstić information content (AvgIpc) is 3.13. The number of carbonyl (C=O) groups excluding carboxylic acids is 3. The summed E-state index contributed by atoms with van der Waals surface area (Å²) >= 11 is 0. The third-order valence-electron chi connectivity index (χ3n) is 3.55. The van der Waals surface area contributed by atoms with Crippen LogP contribution in [-0.2, 0) is 11.3 Å². The first-order valence-electron chi connectivity index (χ1n) is 7.01. The van der Waals surface area contributed by atoms with Crippen molar-refractivity contribution in [3.63, 3.8) is 0 Å². The van der Waals surface area contributed by atoms with Gasteiger partial charge in [-0.1, -0.05) is 6.07 Å². The lowest BCUT2D eigenvalue weighted by molar-refractivity contribution is -0.121. The minimum atomic E-state index is -0.731. The van der Waals surface area contributed by atoms with Crippen molar-refractivity contribution in [3.8, 4) is 0 Å². The first-order chi connectivity index (χ1) is 11.1. The third-order valence-corrected chi connectivity index (χ3v) is 3.55. The Kier molecular flexibility index (Phi) is 3.92. The van der Waals surface area contributed by atoms with E-state index in [1.807, 2.05) is 0 Å². The zero-order valence-electron chi connectivity index (χ0n) is 12.0. The van der Waals surface area contributed by atoms with Gasteiger partial charge in [-0.3, -0.25) is 19.3 Å². The van der Waals surface area contributed by atoms with E-state index in [4.69, 9.17) is 4.42 Å². The van der Waals surface area contributed by atoms with Crippen molar-refractivity contribution in [2.24, 2.45) is 0 Å². The molecule has 0 radical (unpaired) electrons. The molecule has 6 nitrogen and oxygen atoms in total. The van der Waals surface area contributed by atoms with Gasteiger partial charge in [-0.15, -0.1) is 0 Å². The van der Waals surface area contributed by atoms with Gasteiger partial charge in [-0.2, -0.15) is 0 Å². The van der Waals surface area contributed by atoms with E-state index in [1.54, 1.807) is 12.1 Å². The fraction of sp³-hybridized carbons (Fsp3) is 0.188. The molecule has 2 heterocycles. The van der Waals surface area contributed by atoms with E-state index < -0.39 is 17.6 Å². The second kappa shape index (κ2) is 6.04. The van der Waals surface area contributed by atoms with Crippen LogP contribution in [0.5, 0.6) is 0 Å². The Hall–Kier alpha value is -2.96. The van der Waals surface area contributed by atoms with E-state index in [-0.39, 0.29) is 36.5 Å². The van der Waals surface area contributed by atoms with Gasteiger partial charge < -0.3 is 9.73 Å². The fourth-order valence-electron chi connectivity index (χ4n) is 2.40. The molecular formula is C16H13FN2O4. The lowest BCUT2D eigenvalue weighted by atomic mass is 10.1. The smallest absolute Gasteiger partial charge is 0.264 e. The number of hydrogen-bond donors (Lipinski definition) is 1. The molecule has 1 aliphatic heterocycles. The molecule has 1 N–H and O–H groups in total. The van der Waals surface area contributed by atoms with E-state index in [1.165, 1.54) is 18.4 Å². The number of halogens is 1. The molecule has 0 aliphatic carbocycles.